The van der Waals surface area contributed by atoms with Crippen LogP contribution in [0.1, 0.15) is 36.9 Å². The standard InChI is InChI=1S/C20H17Cl3N2O2/c1-2-4-17(26)25-18(13-7-6-11(21)9-15(13)22)14-10-16(23)12-5-3-8-24-19(12)20(14)27/h3,5-10,18,27H,2,4H2,1H3,(H,25,26). The molecule has 0 spiro atoms. The maximum Gasteiger partial charge on any atom is 0.220 e. The third kappa shape index (κ3) is 4.13. The Balaban J connectivity index is 2.20. The molecule has 0 aliphatic rings. The summed E-state index contributed by atoms with van der Waals surface area (Å²) in [5.74, 6) is -0.215. The smallest absolute Gasteiger partial charge is 0.220 e. The van der Waals surface area contributed by atoms with E-state index >= 15 is 0 Å². The van der Waals surface area contributed by atoms with Crippen molar-refractivity contribution < 1.29 is 9.90 Å². The second kappa shape index (κ2) is 8.34. The first kappa shape index (κ1) is 19.7. The Morgan fingerprint density at radius 2 is 1.93 bits per heavy atom. The summed E-state index contributed by atoms with van der Waals surface area (Å²) >= 11 is 18.8. The molecule has 0 aliphatic heterocycles. The predicted molar refractivity (Wildman–Crippen MR) is 110 cm³/mol. The molecule has 1 aromatic heterocycles. The van der Waals surface area contributed by atoms with E-state index in [2.05, 4.69) is 10.3 Å². The molecule has 2 aromatic carbocycles. The van der Waals surface area contributed by atoms with E-state index in [-0.39, 0.29) is 11.7 Å². The maximum atomic E-state index is 12.3. The number of rotatable bonds is 5. The third-order valence-electron chi connectivity index (χ3n) is 4.21. The fraction of sp³-hybridized carbons (Fsp3) is 0.200. The first-order valence-electron chi connectivity index (χ1n) is 8.42. The van der Waals surface area contributed by atoms with Gasteiger partial charge in [0, 0.05) is 33.6 Å². The van der Waals surface area contributed by atoms with Gasteiger partial charge in [-0.15, -0.1) is 0 Å². The number of carbonyl (C=O) groups is 1. The van der Waals surface area contributed by atoms with Gasteiger partial charge in [-0.05, 0) is 42.3 Å². The van der Waals surface area contributed by atoms with Gasteiger partial charge < -0.3 is 10.4 Å². The number of hydrogen-bond acceptors (Lipinski definition) is 3. The van der Waals surface area contributed by atoms with Crippen molar-refractivity contribution in [1.82, 2.24) is 10.3 Å². The Hall–Kier alpha value is -2.01. The SMILES string of the molecule is CCCC(=O)NC(c1ccc(Cl)cc1Cl)c1cc(Cl)c2cccnc2c1O. The molecule has 0 saturated carbocycles. The molecule has 7 heteroatoms. The van der Waals surface area contributed by atoms with Crippen molar-refractivity contribution in [3.8, 4) is 5.75 Å². The summed E-state index contributed by atoms with van der Waals surface area (Å²) in [6.45, 7) is 1.91. The van der Waals surface area contributed by atoms with E-state index in [0.717, 1.165) is 0 Å². The lowest BCUT2D eigenvalue weighted by Crippen LogP contribution is -2.29. The normalized spacial score (nSPS) is 12.1. The summed E-state index contributed by atoms with van der Waals surface area (Å²) in [7, 11) is 0. The number of fused-ring (bicyclic) bond motifs is 1. The quantitative estimate of drug-likeness (QED) is 0.536. The average Bonchev–Trinajstić information content (AvgIpc) is 2.64. The molecule has 0 bridgehead atoms. The van der Waals surface area contributed by atoms with Crippen molar-refractivity contribution >= 4 is 51.6 Å². The van der Waals surface area contributed by atoms with E-state index in [9.17, 15) is 9.90 Å². The van der Waals surface area contributed by atoms with Gasteiger partial charge in [-0.1, -0.05) is 47.8 Å². The van der Waals surface area contributed by atoms with Gasteiger partial charge >= 0.3 is 0 Å². The van der Waals surface area contributed by atoms with Crippen LogP contribution in [-0.2, 0) is 4.79 Å². The molecule has 0 saturated heterocycles. The minimum absolute atomic E-state index is 0.0529. The number of halogens is 3. The highest BCUT2D eigenvalue weighted by atomic mass is 35.5. The lowest BCUT2D eigenvalue weighted by atomic mass is 9.95. The van der Waals surface area contributed by atoms with Crippen LogP contribution >= 0.6 is 34.8 Å². The first-order chi connectivity index (χ1) is 12.9. The molecule has 0 aliphatic carbocycles. The summed E-state index contributed by atoms with van der Waals surface area (Å²) in [6, 6.07) is 9.44. The number of amides is 1. The van der Waals surface area contributed by atoms with Crippen LogP contribution in [0, 0.1) is 0 Å². The molecule has 3 rings (SSSR count). The zero-order valence-corrected chi connectivity index (χ0v) is 16.7. The van der Waals surface area contributed by atoms with E-state index < -0.39 is 6.04 Å². The molecule has 4 nitrogen and oxygen atoms in total. The minimum atomic E-state index is -0.697. The summed E-state index contributed by atoms with van der Waals surface area (Å²) in [5.41, 5.74) is 1.38. The van der Waals surface area contributed by atoms with Crippen LogP contribution in [0.2, 0.25) is 15.1 Å². The Kier molecular flexibility index (Phi) is 6.10. The fourth-order valence-electron chi connectivity index (χ4n) is 2.95. The molecular weight excluding hydrogens is 407 g/mol. The van der Waals surface area contributed by atoms with E-state index in [1.165, 1.54) is 0 Å². The molecule has 1 heterocycles. The van der Waals surface area contributed by atoms with Crippen molar-refractivity contribution in [2.45, 2.75) is 25.8 Å². The average molecular weight is 424 g/mol. The van der Waals surface area contributed by atoms with Crippen LogP contribution in [-0.4, -0.2) is 16.0 Å². The van der Waals surface area contributed by atoms with Gasteiger partial charge in [-0.3, -0.25) is 9.78 Å². The van der Waals surface area contributed by atoms with Crippen LogP contribution in [0.3, 0.4) is 0 Å². The van der Waals surface area contributed by atoms with Crippen molar-refractivity contribution in [2.24, 2.45) is 0 Å². The number of phenolic OH excluding ortho intramolecular Hbond substituents is 1. The first-order valence-corrected chi connectivity index (χ1v) is 9.56. The Morgan fingerprint density at radius 3 is 2.63 bits per heavy atom. The lowest BCUT2D eigenvalue weighted by Gasteiger charge is -2.23. The highest BCUT2D eigenvalue weighted by Gasteiger charge is 2.25. The number of aromatic hydroxyl groups is 1. The van der Waals surface area contributed by atoms with Crippen LogP contribution in [0.15, 0.2) is 42.6 Å². The van der Waals surface area contributed by atoms with E-state index in [0.29, 0.717) is 49.9 Å². The number of pyridine rings is 1. The van der Waals surface area contributed by atoms with E-state index in [4.69, 9.17) is 34.8 Å². The Labute approximate surface area is 172 Å². The topological polar surface area (TPSA) is 62.2 Å². The molecule has 3 aromatic rings. The van der Waals surface area contributed by atoms with Crippen LogP contribution in [0.5, 0.6) is 5.75 Å². The molecule has 140 valence electrons. The van der Waals surface area contributed by atoms with Crippen molar-refractivity contribution in [3.63, 3.8) is 0 Å². The molecular formula is C20H17Cl3N2O2. The number of phenols is 1. The second-order valence-electron chi connectivity index (χ2n) is 6.11. The summed E-state index contributed by atoms with van der Waals surface area (Å²) in [4.78, 5) is 16.6. The minimum Gasteiger partial charge on any atom is -0.505 e. The van der Waals surface area contributed by atoms with Gasteiger partial charge in [-0.25, -0.2) is 0 Å². The number of nitrogens with one attached hydrogen (secondary N) is 1. The number of benzene rings is 2. The molecule has 0 radical (unpaired) electrons. The van der Waals surface area contributed by atoms with Gasteiger partial charge in [0.25, 0.3) is 0 Å². The Morgan fingerprint density at radius 1 is 1.15 bits per heavy atom. The number of carbonyl (C=O) groups excluding carboxylic acids is 1. The van der Waals surface area contributed by atoms with Gasteiger partial charge in [0.05, 0.1) is 11.1 Å². The zero-order valence-electron chi connectivity index (χ0n) is 14.5. The van der Waals surface area contributed by atoms with Gasteiger partial charge in [-0.2, -0.15) is 0 Å². The fourth-order valence-corrected chi connectivity index (χ4v) is 3.73. The monoisotopic (exact) mass is 422 g/mol. The molecule has 1 unspecified atom stereocenters. The van der Waals surface area contributed by atoms with Gasteiger partial charge in [0.1, 0.15) is 11.3 Å². The number of aromatic nitrogens is 1. The highest BCUT2D eigenvalue weighted by Crippen LogP contribution is 2.40. The van der Waals surface area contributed by atoms with Crippen LogP contribution < -0.4 is 5.32 Å². The zero-order chi connectivity index (χ0) is 19.6. The lowest BCUT2D eigenvalue weighted by molar-refractivity contribution is -0.121. The summed E-state index contributed by atoms with van der Waals surface area (Å²) in [6.07, 6.45) is 2.61. The van der Waals surface area contributed by atoms with Crippen molar-refractivity contribution in [2.75, 3.05) is 0 Å². The van der Waals surface area contributed by atoms with Gasteiger partial charge in [0.2, 0.25) is 5.91 Å². The van der Waals surface area contributed by atoms with Crippen LogP contribution in [0.25, 0.3) is 10.9 Å². The van der Waals surface area contributed by atoms with Crippen molar-refractivity contribution in [1.29, 1.82) is 0 Å². The summed E-state index contributed by atoms with van der Waals surface area (Å²) in [5, 5.41) is 15.7. The highest BCUT2D eigenvalue weighted by molar-refractivity contribution is 6.36. The van der Waals surface area contributed by atoms with E-state index in [1.807, 2.05) is 6.92 Å². The van der Waals surface area contributed by atoms with Gasteiger partial charge in [0.15, 0.2) is 0 Å². The van der Waals surface area contributed by atoms with Crippen molar-refractivity contribution in [3.05, 3.63) is 68.8 Å². The van der Waals surface area contributed by atoms with E-state index in [1.54, 1.807) is 42.6 Å². The molecule has 1 amide bonds. The maximum absolute atomic E-state index is 12.3. The Bertz CT molecular complexity index is 1010. The summed E-state index contributed by atoms with van der Waals surface area (Å²) < 4.78 is 0. The number of hydrogen-bond donors (Lipinski definition) is 2. The molecule has 27 heavy (non-hydrogen) atoms. The molecule has 1 atom stereocenters. The largest absolute Gasteiger partial charge is 0.505 e. The third-order valence-corrected chi connectivity index (χ3v) is 5.09. The van der Waals surface area contributed by atoms with Crippen LogP contribution in [0.4, 0.5) is 0 Å². The second-order valence-corrected chi connectivity index (χ2v) is 7.36. The molecule has 0 fully saturated rings. The molecule has 2 N–H and O–H groups in total. The predicted octanol–water partition coefficient (Wildman–Crippen LogP) is 5.91. The number of nitrogens with zero attached hydrogens (tertiary/aromatic N) is 1.